The number of hydrogen-bond acceptors (Lipinski definition) is 5. The van der Waals surface area contributed by atoms with Crippen molar-refractivity contribution in [2.24, 2.45) is 5.92 Å². The molecule has 7 heteroatoms. The minimum Gasteiger partial charge on any atom is -0.497 e. The number of nitrogens with zero attached hydrogens (tertiary/aromatic N) is 1. The number of rotatable bonds is 7. The number of carbonyl (C=O) groups excluding carboxylic acids is 2. The summed E-state index contributed by atoms with van der Waals surface area (Å²) in [7, 11) is 4.74. The van der Waals surface area contributed by atoms with Gasteiger partial charge in [-0.1, -0.05) is 6.07 Å². The number of nitrogens with one attached hydrogen (secondary N) is 1. The van der Waals surface area contributed by atoms with E-state index in [4.69, 9.17) is 14.2 Å². The zero-order valence-electron chi connectivity index (χ0n) is 16.2. The number of carbonyl (C=O) groups is 2. The quantitative estimate of drug-likeness (QED) is 0.793. The fourth-order valence-electron chi connectivity index (χ4n) is 3.26. The maximum atomic E-state index is 12.6. The molecule has 1 saturated heterocycles. The van der Waals surface area contributed by atoms with Crippen LogP contribution in [0.15, 0.2) is 42.5 Å². The number of methoxy groups -OCH3 is 3. The number of ether oxygens (including phenoxy) is 3. The highest BCUT2D eigenvalue weighted by atomic mass is 16.5. The minimum absolute atomic E-state index is 0.0765. The molecule has 148 valence electrons. The maximum absolute atomic E-state index is 12.6. The highest BCUT2D eigenvalue weighted by Crippen LogP contribution is 2.28. The summed E-state index contributed by atoms with van der Waals surface area (Å²) in [5.74, 6) is 1.38. The third-order valence-corrected chi connectivity index (χ3v) is 4.80. The molecule has 1 aliphatic rings. The van der Waals surface area contributed by atoms with Gasteiger partial charge in [0, 0.05) is 36.8 Å². The lowest BCUT2D eigenvalue weighted by molar-refractivity contribution is -0.126. The molecule has 2 aromatic carbocycles. The molecular formula is C21H24N2O5. The first-order valence-electron chi connectivity index (χ1n) is 8.98. The summed E-state index contributed by atoms with van der Waals surface area (Å²) in [5, 5.41) is 2.90. The third kappa shape index (κ3) is 4.19. The largest absolute Gasteiger partial charge is 0.497 e. The minimum atomic E-state index is -0.407. The summed E-state index contributed by atoms with van der Waals surface area (Å²) in [5.41, 5.74) is 1.54. The van der Waals surface area contributed by atoms with Crippen LogP contribution in [0.5, 0.6) is 17.2 Å². The molecule has 0 aromatic heterocycles. The van der Waals surface area contributed by atoms with Gasteiger partial charge in [-0.25, -0.2) is 0 Å². The zero-order chi connectivity index (χ0) is 20.1. The van der Waals surface area contributed by atoms with Crippen molar-refractivity contribution in [3.8, 4) is 17.2 Å². The Balaban J connectivity index is 1.65. The van der Waals surface area contributed by atoms with Crippen molar-refractivity contribution in [1.82, 2.24) is 5.32 Å². The molecule has 7 nitrogen and oxygen atoms in total. The van der Waals surface area contributed by atoms with Gasteiger partial charge in [0.2, 0.25) is 11.8 Å². The predicted molar refractivity (Wildman–Crippen MR) is 105 cm³/mol. The summed E-state index contributed by atoms with van der Waals surface area (Å²) in [6.07, 6.45) is 0.179. The van der Waals surface area contributed by atoms with Crippen LogP contribution in [0.1, 0.15) is 12.0 Å². The second-order valence-corrected chi connectivity index (χ2v) is 6.50. The van der Waals surface area contributed by atoms with Crippen molar-refractivity contribution in [1.29, 1.82) is 0 Å². The fraction of sp³-hybridized carbons (Fsp3) is 0.333. The number of amides is 2. The summed E-state index contributed by atoms with van der Waals surface area (Å²) >= 11 is 0. The van der Waals surface area contributed by atoms with Gasteiger partial charge < -0.3 is 24.4 Å². The van der Waals surface area contributed by atoms with Gasteiger partial charge in [-0.15, -0.1) is 0 Å². The first kappa shape index (κ1) is 19.5. The maximum Gasteiger partial charge on any atom is 0.227 e. The van der Waals surface area contributed by atoms with Gasteiger partial charge in [0.1, 0.15) is 17.2 Å². The third-order valence-electron chi connectivity index (χ3n) is 4.80. The van der Waals surface area contributed by atoms with Gasteiger partial charge >= 0.3 is 0 Å². The number of anilines is 1. The zero-order valence-corrected chi connectivity index (χ0v) is 16.2. The van der Waals surface area contributed by atoms with E-state index >= 15 is 0 Å². The molecule has 1 heterocycles. The van der Waals surface area contributed by atoms with Crippen LogP contribution in [0, 0.1) is 5.92 Å². The molecule has 2 aromatic rings. The van der Waals surface area contributed by atoms with Crippen LogP contribution in [-0.2, 0) is 16.1 Å². The molecule has 0 saturated carbocycles. The van der Waals surface area contributed by atoms with Crippen LogP contribution in [0.2, 0.25) is 0 Å². The van der Waals surface area contributed by atoms with Crippen LogP contribution >= 0.6 is 0 Å². The molecule has 0 aliphatic carbocycles. The van der Waals surface area contributed by atoms with Gasteiger partial charge in [-0.2, -0.15) is 0 Å². The van der Waals surface area contributed by atoms with E-state index in [0.29, 0.717) is 30.3 Å². The normalized spacial score (nSPS) is 16.0. The first-order valence-corrected chi connectivity index (χ1v) is 8.98. The predicted octanol–water partition coefficient (Wildman–Crippen LogP) is 2.38. The smallest absolute Gasteiger partial charge is 0.227 e. The molecule has 28 heavy (non-hydrogen) atoms. The molecule has 3 rings (SSSR count). The highest BCUT2D eigenvalue weighted by molar-refractivity contribution is 6.00. The molecule has 0 spiro atoms. The van der Waals surface area contributed by atoms with Gasteiger partial charge in [0.05, 0.1) is 27.2 Å². The van der Waals surface area contributed by atoms with E-state index in [0.717, 1.165) is 11.3 Å². The van der Waals surface area contributed by atoms with Gasteiger partial charge in [0.25, 0.3) is 0 Å². The van der Waals surface area contributed by atoms with E-state index in [9.17, 15) is 9.59 Å². The second kappa shape index (κ2) is 8.65. The van der Waals surface area contributed by atoms with Crippen LogP contribution in [0.3, 0.4) is 0 Å². The van der Waals surface area contributed by atoms with E-state index in [1.807, 2.05) is 24.3 Å². The number of hydrogen-bond donors (Lipinski definition) is 1. The molecule has 0 unspecified atom stereocenters. The van der Waals surface area contributed by atoms with Crippen molar-refractivity contribution < 1.29 is 23.8 Å². The Morgan fingerprint density at radius 3 is 2.54 bits per heavy atom. The summed E-state index contributed by atoms with van der Waals surface area (Å²) in [6, 6.07) is 12.7. The topological polar surface area (TPSA) is 77.1 Å². The van der Waals surface area contributed by atoms with E-state index in [-0.39, 0.29) is 18.2 Å². The van der Waals surface area contributed by atoms with Crippen LogP contribution in [-0.4, -0.2) is 39.7 Å². The Bertz CT molecular complexity index is 868. The lowest BCUT2D eigenvalue weighted by atomic mass is 10.1. The molecule has 1 fully saturated rings. The van der Waals surface area contributed by atoms with Crippen molar-refractivity contribution in [2.45, 2.75) is 13.0 Å². The second-order valence-electron chi connectivity index (χ2n) is 6.50. The van der Waals surface area contributed by atoms with Crippen LogP contribution in [0.4, 0.5) is 5.69 Å². The average molecular weight is 384 g/mol. The molecule has 0 bridgehead atoms. The molecule has 0 radical (unpaired) electrons. The van der Waals surface area contributed by atoms with E-state index in [1.54, 1.807) is 44.4 Å². The van der Waals surface area contributed by atoms with E-state index in [1.165, 1.54) is 0 Å². The molecule has 1 N–H and O–H groups in total. The lowest BCUT2D eigenvalue weighted by Crippen LogP contribution is -2.32. The van der Waals surface area contributed by atoms with Crippen molar-refractivity contribution in [3.05, 3.63) is 48.0 Å². The van der Waals surface area contributed by atoms with E-state index in [2.05, 4.69) is 5.32 Å². The SMILES string of the molecule is COc1cccc(N2C[C@H](C(=O)NCc3cc(OC)ccc3OC)CC2=O)c1. The first-order chi connectivity index (χ1) is 13.5. The summed E-state index contributed by atoms with van der Waals surface area (Å²) in [6.45, 7) is 0.635. The summed E-state index contributed by atoms with van der Waals surface area (Å²) < 4.78 is 15.8. The van der Waals surface area contributed by atoms with Crippen molar-refractivity contribution >= 4 is 17.5 Å². The van der Waals surface area contributed by atoms with Gasteiger partial charge in [0.15, 0.2) is 0 Å². The highest BCUT2D eigenvalue weighted by Gasteiger charge is 2.35. The molecule has 2 amide bonds. The van der Waals surface area contributed by atoms with Gasteiger partial charge in [-0.05, 0) is 30.3 Å². The Morgan fingerprint density at radius 2 is 1.82 bits per heavy atom. The standard InChI is InChI=1S/C21H24N2O5/c1-26-17-6-4-5-16(11-17)23-13-15(10-20(23)24)21(25)22-12-14-9-18(27-2)7-8-19(14)28-3/h4-9,11,15H,10,12-13H2,1-3H3,(H,22,25)/t15-/m1/s1. The van der Waals surface area contributed by atoms with Crippen molar-refractivity contribution in [2.75, 3.05) is 32.8 Å². The Hall–Kier alpha value is -3.22. The van der Waals surface area contributed by atoms with Gasteiger partial charge in [-0.3, -0.25) is 9.59 Å². The fourth-order valence-corrected chi connectivity index (χ4v) is 3.26. The Kier molecular flexibility index (Phi) is 6.03. The van der Waals surface area contributed by atoms with Crippen LogP contribution < -0.4 is 24.4 Å². The molecule has 1 atom stereocenters. The van der Waals surface area contributed by atoms with E-state index < -0.39 is 5.92 Å². The van der Waals surface area contributed by atoms with Crippen molar-refractivity contribution in [3.63, 3.8) is 0 Å². The Labute approximate surface area is 164 Å². The molecule has 1 aliphatic heterocycles. The molecular weight excluding hydrogens is 360 g/mol. The van der Waals surface area contributed by atoms with Crippen LogP contribution in [0.25, 0.3) is 0 Å². The average Bonchev–Trinajstić information content (AvgIpc) is 3.13. The summed E-state index contributed by atoms with van der Waals surface area (Å²) in [4.78, 5) is 26.7. The monoisotopic (exact) mass is 384 g/mol. The number of benzene rings is 2. The lowest BCUT2D eigenvalue weighted by Gasteiger charge is -2.17. The Morgan fingerprint density at radius 1 is 1.07 bits per heavy atom.